The zero-order valence-corrected chi connectivity index (χ0v) is 10.2. The lowest BCUT2D eigenvalue weighted by Gasteiger charge is -2.27. The summed E-state index contributed by atoms with van der Waals surface area (Å²) >= 11 is 0. The molecule has 0 radical (unpaired) electrons. The van der Waals surface area contributed by atoms with Crippen LogP contribution in [0.3, 0.4) is 0 Å². The molecule has 0 aliphatic heterocycles. The summed E-state index contributed by atoms with van der Waals surface area (Å²) in [5.74, 6) is 0. The minimum atomic E-state index is -0.329. The van der Waals surface area contributed by atoms with Gasteiger partial charge in [-0.05, 0) is 20.8 Å². The smallest absolute Gasteiger partial charge is 0.126 e. The first kappa shape index (κ1) is 13.1. The highest BCUT2D eigenvalue weighted by Crippen LogP contribution is 2.25. The summed E-state index contributed by atoms with van der Waals surface area (Å²) in [5.41, 5.74) is 0.827. The van der Waals surface area contributed by atoms with E-state index in [9.17, 15) is 0 Å². The van der Waals surface area contributed by atoms with E-state index in [2.05, 4.69) is 0 Å². The molecule has 0 aromatic heterocycles. The minimum Gasteiger partial charge on any atom is -0.126 e. The third-order valence-corrected chi connectivity index (χ3v) is 1.97. The second kappa shape index (κ2) is 6.60. The molecule has 0 bridgehead atoms. The second-order valence-electron chi connectivity index (χ2n) is 3.09. The summed E-state index contributed by atoms with van der Waals surface area (Å²) in [6.07, 6.45) is 0. The molecule has 0 spiro atoms. The molecule has 4 heteroatoms. The van der Waals surface area contributed by atoms with Crippen molar-refractivity contribution in [2.75, 3.05) is 19.8 Å². The van der Waals surface area contributed by atoms with Gasteiger partial charge in [0.05, 0.1) is 0 Å². The van der Waals surface area contributed by atoms with Gasteiger partial charge in [0.25, 0.3) is 0 Å². The minimum absolute atomic E-state index is 0.329. The summed E-state index contributed by atoms with van der Waals surface area (Å²) < 4.78 is 0. The summed E-state index contributed by atoms with van der Waals surface area (Å²) in [5, 5.41) is 0. The second-order valence-corrected chi connectivity index (χ2v) is 3.09. The summed E-state index contributed by atoms with van der Waals surface area (Å²) in [6, 6.07) is 9.64. The Morgan fingerprint density at radius 2 is 1.25 bits per heavy atom. The Kier molecular flexibility index (Phi) is 5.42. The van der Waals surface area contributed by atoms with Crippen LogP contribution < -0.4 is 4.97 Å². The van der Waals surface area contributed by atoms with E-state index in [4.69, 9.17) is 14.5 Å². The van der Waals surface area contributed by atoms with Crippen LogP contribution >= 0.6 is 0 Å². The first-order valence-electron chi connectivity index (χ1n) is 5.67. The molecule has 0 aliphatic rings. The van der Waals surface area contributed by atoms with Gasteiger partial charge in [-0.15, -0.1) is 14.5 Å². The number of nitrogens with zero attached hydrogens (tertiary/aromatic N) is 1. The number of hydrogen-bond acceptors (Lipinski definition) is 3. The van der Waals surface area contributed by atoms with Gasteiger partial charge in [0, 0.05) is 12.1 Å². The highest BCUT2D eigenvalue weighted by atomic mass is 17.2. The fraction of sp³-hybridized carbons (Fsp3) is 0.500. The molecule has 0 fully saturated rings. The standard InChI is InChI=1S/C12H20NO3/c1-4-14-13(15-5-2,16-6-3)12-10-8-7-9-11-12/h7-11H,4-6H2,1-3H3/q+1. The van der Waals surface area contributed by atoms with Crippen molar-refractivity contribution in [3.8, 4) is 0 Å². The Labute approximate surface area is 96.8 Å². The molecular formula is C12H20NO3+. The third-order valence-electron chi connectivity index (χ3n) is 1.97. The van der Waals surface area contributed by atoms with E-state index in [0.29, 0.717) is 19.8 Å². The summed E-state index contributed by atoms with van der Waals surface area (Å²) in [7, 11) is 0. The Morgan fingerprint density at radius 3 is 1.62 bits per heavy atom. The van der Waals surface area contributed by atoms with E-state index in [1.54, 1.807) is 0 Å². The molecule has 0 aliphatic carbocycles. The van der Waals surface area contributed by atoms with Gasteiger partial charge in [-0.2, -0.15) is 0 Å². The lowest BCUT2D eigenvalue weighted by Crippen LogP contribution is -2.49. The van der Waals surface area contributed by atoms with Crippen LogP contribution in [0.15, 0.2) is 30.3 Å². The van der Waals surface area contributed by atoms with Gasteiger partial charge in [0.15, 0.2) is 0 Å². The molecule has 0 N–H and O–H groups in total. The van der Waals surface area contributed by atoms with Crippen molar-refractivity contribution in [3.63, 3.8) is 0 Å². The van der Waals surface area contributed by atoms with Crippen LogP contribution in [0.2, 0.25) is 0 Å². The molecule has 90 valence electrons. The van der Waals surface area contributed by atoms with Crippen molar-refractivity contribution >= 4 is 5.69 Å². The van der Waals surface area contributed by atoms with Crippen LogP contribution in [-0.4, -0.2) is 19.8 Å². The highest BCUT2D eigenvalue weighted by Gasteiger charge is 2.37. The van der Waals surface area contributed by atoms with E-state index in [1.807, 2.05) is 51.1 Å². The van der Waals surface area contributed by atoms with Crippen molar-refractivity contribution in [2.24, 2.45) is 0 Å². The number of hydrogen-bond donors (Lipinski definition) is 0. The molecule has 1 aromatic rings. The molecule has 0 saturated carbocycles. The van der Waals surface area contributed by atoms with E-state index >= 15 is 0 Å². The maximum absolute atomic E-state index is 5.59. The first-order chi connectivity index (χ1) is 7.79. The van der Waals surface area contributed by atoms with Gasteiger partial charge in [0.2, 0.25) is 5.69 Å². The van der Waals surface area contributed by atoms with Gasteiger partial charge in [-0.3, -0.25) is 0 Å². The zero-order chi connectivity index (χ0) is 11.9. The highest BCUT2D eigenvalue weighted by molar-refractivity contribution is 5.36. The normalized spacial score (nSPS) is 11.7. The monoisotopic (exact) mass is 226 g/mol. The summed E-state index contributed by atoms with van der Waals surface area (Å²) in [6.45, 7) is 7.26. The van der Waals surface area contributed by atoms with E-state index in [1.165, 1.54) is 0 Å². The van der Waals surface area contributed by atoms with E-state index < -0.39 is 0 Å². The SMILES string of the molecule is CCO[N+](OCC)(OCC)c1ccccc1. The molecule has 0 atom stereocenters. The predicted octanol–water partition coefficient (Wildman–Crippen LogP) is 2.85. The Balaban J connectivity index is 2.99. The van der Waals surface area contributed by atoms with Crippen molar-refractivity contribution in [1.29, 1.82) is 0 Å². The zero-order valence-electron chi connectivity index (χ0n) is 10.2. The van der Waals surface area contributed by atoms with Crippen molar-refractivity contribution in [1.82, 2.24) is 4.97 Å². The lowest BCUT2D eigenvalue weighted by atomic mass is 10.3. The van der Waals surface area contributed by atoms with Crippen LogP contribution in [-0.2, 0) is 14.5 Å². The van der Waals surface area contributed by atoms with Gasteiger partial charge < -0.3 is 0 Å². The maximum atomic E-state index is 5.59. The Morgan fingerprint density at radius 1 is 0.812 bits per heavy atom. The van der Waals surface area contributed by atoms with Crippen molar-refractivity contribution in [3.05, 3.63) is 30.3 Å². The van der Waals surface area contributed by atoms with Gasteiger partial charge in [0.1, 0.15) is 24.8 Å². The number of benzene rings is 1. The molecule has 1 rings (SSSR count). The Bertz CT molecular complexity index is 273. The molecule has 0 heterocycles. The van der Waals surface area contributed by atoms with E-state index in [0.717, 1.165) is 5.69 Å². The van der Waals surface area contributed by atoms with Crippen molar-refractivity contribution < 1.29 is 14.5 Å². The summed E-state index contributed by atoms with van der Waals surface area (Å²) in [4.78, 5) is 16.4. The third kappa shape index (κ3) is 3.02. The van der Waals surface area contributed by atoms with Gasteiger partial charge in [-0.1, -0.05) is 18.2 Å². The number of rotatable bonds is 7. The molecule has 4 nitrogen and oxygen atoms in total. The maximum Gasteiger partial charge on any atom is 0.237 e. The van der Waals surface area contributed by atoms with Crippen LogP contribution in [0, 0.1) is 0 Å². The Hall–Kier alpha value is -0.940. The quantitative estimate of drug-likeness (QED) is 0.528. The first-order valence-corrected chi connectivity index (χ1v) is 5.67. The molecule has 16 heavy (non-hydrogen) atoms. The topological polar surface area (TPSA) is 27.7 Å². The van der Waals surface area contributed by atoms with Gasteiger partial charge in [-0.25, -0.2) is 0 Å². The fourth-order valence-corrected chi connectivity index (χ4v) is 1.46. The van der Waals surface area contributed by atoms with Crippen LogP contribution in [0.1, 0.15) is 20.8 Å². The van der Waals surface area contributed by atoms with E-state index in [-0.39, 0.29) is 4.97 Å². The molecule has 0 unspecified atom stereocenters. The molecule has 0 saturated heterocycles. The number of quaternary nitrogens is 1. The molecular weight excluding hydrogens is 206 g/mol. The van der Waals surface area contributed by atoms with Gasteiger partial charge >= 0.3 is 0 Å². The van der Waals surface area contributed by atoms with Crippen LogP contribution in [0.25, 0.3) is 0 Å². The molecule has 0 amide bonds. The molecule has 1 aromatic carbocycles. The average Bonchev–Trinajstić information content (AvgIpc) is 2.31. The van der Waals surface area contributed by atoms with Crippen LogP contribution in [0.4, 0.5) is 5.69 Å². The predicted molar refractivity (Wildman–Crippen MR) is 63.1 cm³/mol. The fourth-order valence-electron chi connectivity index (χ4n) is 1.46. The van der Waals surface area contributed by atoms with Crippen molar-refractivity contribution in [2.45, 2.75) is 20.8 Å². The largest absolute Gasteiger partial charge is 0.237 e. The van der Waals surface area contributed by atoms with Crippen LogP contribution in [0.5, 0.6) is 0 Å². The average molecular weight is 226 g/mol. The lowest BCUT2D eigenvalue weighted by molar-refractivity contribution is -0.504.